The number of hydrogen-bond acceptors (Lipinski definition) is 4. The van der Waals surface area contributed by atoms with Crippen LogP contribution in [0.2, 0.25) is 0 Å². The van der Waals surface area contributed by atoms with E-state index in [1.54, 1.807) is 26.1 Å². The predicted octanol–water partition coefficient (Wildman–Crippen LogP) is 1.84. The normalized spacial score (nSPS) is 20.3. The third-order valence-corrected chi connectivity index (χ3v) is 5.52. The van der Waals surface area contributed by atoms with Crippen LogP contribution < -0.4 is 20.3 Å². The van der Waals surface area contributed by atoms with E-state index in [2.05, 4.69) is 26.6 Å². The van der Waals surface area contributed by atoms with E-state index in [1.165, 1.54) is 25.7 Å². The molecular formula is C21H33N5O2. The van der Waals surface area contributed by atoms with E-state index < -0.39 is 0 Å². The van der Waals surface area contributed by atoms with Gasteiger partial charge in [0.15, 0.2) is 5.96 Å². The second kappa shape index (κ2) is 9.66. The molecule has 1 atom stereocenters. The fraction of sp³-hybridized carbons (Fsp3) is 0.619. The molecule has 1 aromatic carbocycles. The number of rotatable bonds is 6. The van der Waals surface area contributed by atoms with E-state index in [9.17, 15) is 4.79 Å². The van der Waals surface area contributed by atoms with Crippen LogP contribution in [0.4, 0.5) is 5.69 Å². The molecule has 1 aromatic rings. The van der Waals surface area contributed by atoms with Gasteiger partial charge in [-0.2, -0.15) is 0 Å². The Morgan fingerprint density at radius 1 is 1.18 bits per heavy atom. The first-order valence-electron chi connectivity index (χ1n) is 10.2. The zero-order chi connectivity index (χ0) is 19.9. The van der Waals surface area contributed by atoms with Crippen LogP contribution >= 0.6 is 0 Å². The number of likely N-dealkylation sites (N-methyl/N-ethyl adjacent to an activating group) is 1. The van der Waals surface area contributed by atoms with Crippen molar-refractivity contribution < 1.29 is 9.53 Å². The number of carbonyl (C=O) groups is 1. The molecule has 0 aromatic heterocycles. The SMILES string of the molecule is COc1ccccc1N1CCC(NC(=NCC(=O)N(C)C)NC2CCCC2)C1. The minimum absolute atomic E-state index is 0.00888. The molecule has 7 heteroatoms. The van der Waals surface area contributed by atoms with Crippen molar-refractivity contribution in [1.82, 2.24) is 15.5 Å². The Morgan fingerprint density at radius 3 is 2.61 bits per heavy atom. The van der Waals surface area contributed by atoms with E-state index >= 15 is 0 Å². The van der Waals surface area contributed by atoms with Crippen LogP contribution in [0.3, 0.4) is 0 Å². The number of amides is 1. The summed E-state index contributed by atoms with van der Waals surface area (Å²) >= 11 is 0. The Kier molecular flexibility index (Phi) is 7.01. The van der Waals surface area contributed by atoms with Gasteiger partial charge in [0, 0.05) is 39.3 Å². The van der Waals surface area contributed by atoms with Crippen molar-refractivity contribution >= 4 is 17.6 Å². The highest BCUT2D eigenvalue weighted by atomic mass is 16.5. The Bertz CT molecular complexity index is 685. The molecule has 0 bridgehead atoms. The van der Waals surface area contributed by atoms with Crippen LogP contribution in [0.15, 0.2) is 29.3 Å². The van der Waals surface area contributed by atoms with Gasteiger partial charge in [-0.3, -0.25) is 4.79 Å². The smallest absolute Gasteiger partial charge is 0.243 e. The lowest BCUT2D eigenvalue weighted by atomic mass is 10.2. The van der Waals surface area contributed by atoms with Gasteiger partial charge >= 0.3 is 0 Å². The molecule has 2 N–H and O–H groups in total. The number of hydrogen-bond donors (Lipinski definition) is 2. The number of aliphatic imine (C=N–C) groups is 1. The van der Waals surface area contributed by atoms with E-state index in [0.29, 0.717) is 6.04 Å². The Morgan fingerprint density at radius 2 is 1.89 bits per heavy atom. The second-order valence-electron chi connectivity index (χ2n) is 7.83. The lowest BCUT2D eigenvalue weighted by Crippen LogP contribution is -2.48. The number of nitrogens with one attached hydrogen (secondary N) is 2. The van der Waals surface area contributed by atoms with Gasteiger partial charge in [-0.05, 0) is 31.4 Å². The van der Waals surface area contributed by atoms with E-state index in [0.717, 1.165) is 36.9 Å². The number of nitrogens with zero attached hydrogens (tertiary/aromatic N) is 3. The number of carbonyl (C=O) groups excluding carboxylic acids is 1. The Hall–Kier alpha value is -2.44. The van der Waals surface area contributed by atoms with E-state index in [1.807, 2.05) is 18.2 Å². The molecule has 1 amide bonds. The molecule has 2 fully saturated rings. The molecule has 0 spiro atoms. The molecule has 1 saturated carbocycles. The molecule has 3 rings (SSSR count). The van der Waals surface area contributed by atoms with E-state index in [4.69, 9.17) is 4.74 Å². The van der Waals surface area contributed by atoms with Crippen LogP contribution in [0.1, 0.15) is 32.1 Å². The van der Waals surface area contributed by atoms with Crippen molar-refractivity contribution in [2.45, 2.75) is 44.2 Å². The first-order chi connectivity index (χ1) is 13.6. The summed E-state index contributed by atoms with van der Waals surface area (Å²) < 4.78 is 5.51. The largest absolute Gasteiger partial charge is 0.495 e. The Labute approximate surface area is 168 Å². The average molecular weight is 388 g/mol. The molecule has 1 aliphatic carbocycles. The lowest BCUT2D eigenvalue weighted by molar-refractivity contribution is -0.127. The van der Waals surface area contributed by atoms with Crippen molar-refractivity contribution in [2.75, 3.05) is 45.7 Å². The summed E-state index contributed by atoms with van der Waals surface area (Å²) in [6.07, 6.45) is 5.87. The van der Waals surface area contributed by atoms with Crippen LogP contribution in [-0.4, -0.2) is 69.7 Å². The van der Waals surface area contributed by atoms with Crippen molar-refractivity contribution in [3.63, 3.8) is 0 Å². The summed E-state index contributed by atoms with van der Waals surface area (Å²) in [6, 6.07) is 8.87. The summed E-state index contributed by atoms with van der Waals surface area (Å²) in [7, 11) is 5.23. The third kappa shape index (κ3) is 5.30. The average Bonchev–Trinajstić information content (AvgIpc) is 3.37. The highest BCUT2D eigenvalue weighted by molar-refractivity contribution is 5.85. The van der Waals surface area contributed by atoms with Crippen LogP contribution in [0, 0.1) is 0 Å². The molecule has 7 nitrogen and oxygen atoms in total. The molecular weight excluding hydrogens is 354 g/mol. The lowest BCUT2D eigenvalue weighted by Gasteiger charge is -2.23. The molecule has 2 aliphatic rings. The van der Waals surface area contributed by atoms with Gasteiger partial charge in [-0.15, -0.1) is 0 Å². The third-order valence-electron chi connectivity index (χ3n) is 5.52. The zero-order valence-electron chi connectivity index (χ0n) is 17.3. The maximum Gasteiger partial charge on any atom is 0.243 e. The van der Waals surface area contributed by atoms with Gasteiger partial charge in [0.2, 0.25) is 5.91 Å². The number of benzene rings is 1. The fourth-order valence-corrected chi connectivity index (χ4v) is 3.87. The molecule has 1 saturated heterocycles. The maximum absolute atomic E-state index is 12.0. The van der Waals surface area contributed by atoms with Crippen LogP contribution in [0.25, 0.3) is 0 Å². The van der Waals surface area contributed by atoms with Crippen molar-refractivity contribution in [3.8, 4) is 5.75 Å². The summed E-state index contributed by atoms with van der Waals surface area (Å²) in [6.45, 7) is 2.01. The minimum atomic E-state index is 0.00888. The highest BCUT2D eigenvalue weighted by Crippen LogP contribution is 2.30. The van der Waals surface area contributed by atoms with Crippen LogP contribution in [-0.2, 0) is 4.79 Å². The number of anilines is 1. The van der Waals surface area contributed by atoms with Crippen molar-refractivity contribution in [1.29, 1.82) is 0 Å². The number of methoxy groups -OCH3 is 1. The first-order valence-corrected chi connectivity index (χ1v) is 10.2. The monoisotopic (exact) mass is 387 g/mol. The summed E-state index contributed by atoms with van der Waals surface area (Å²) in [5.74, 6) is 1.67. The number of guanidine groups is 1. The Balaban J connectivity index is 1.63. The van der Waals surface area contributed by atoms with Crippen LogP contribution in [0.5, 0.6) is 5.75 Å². The van der Waals surface area contributed by atoms with Crippen molar-refractivity contribution in [3.05, 3.63) is 24.3 Å². The van der Waals surface area contributed by atoms with Gasteiger partial charge < -0.3 is 25.2 Å². The molecule has 154 valence electrons. The van der Waals surface area contributed by atoms with Gasteiger partial charge in [0.1, 0.15) is 12.3 Å². The molecule has 0 radical (unpaired) electrons. The topological polar surface area (TPSA) is 69.2 Å². The first kappa shape index (κ1) is 20.3. The van der Waals surface area contributed by atoms with Crippen molar-refractivity contribution in [2.24, 2.45) is 4.99 Å². The van der Waals surface area contributed by atoms with Gasteiger partial charge in [-0.1, -0.05) is 25.0 Å². The van der Waals surface area contributed by atoms with E-state index in [-0.39, 0.29) is 18.5 Å². The fourth-order valence-electron chi connectivity index (χ4n) is 3.87. The molecule has 28 heavy (non-hydrogen) atoms. The van der Waals surface area contributed by atoms with Gasteiger partial charge in [-0.25, -0.2) is 4.99 Å². The standard InChI is InChI=1S/C21H33N5O2/c1-25(2)20(27)14-22-21(23-16-8-4-5-9-16)24-17-12-13-26(15-17)18-10-6-7-11-19(18)28-3/h6-7,10-11,16-17H,4-5,8-9,12-15H2,1-3H3,(H2,22,23,24). The number of para-hydroxylation sites is 2. The molecule has 1 aliphatic heterocycles. The zero-order valence-corrected chi connectivity index (χ0v) is 17.3. The second-order valence-corrected chi connectivity index (χ2v) is 7.83. The minimum Gasteiger partial charge on any atom is -0.495 e. The van der Waals surface area contributed by atoms with Gasteiger partial charge in [0.25, 0.3) is 0 Å². The van der Waals surface area contributed by atoms with Gasteiger partial charge in [0.05, 0.1) is 12.8 Å². The number of ether oxygens (including phenoxy) is 1. The molecule has 1 heterocycles. The highest BCUT2D eigenvalue weighted by Gasteiger charge is 2.26. The quantitative estimate of drug-likeness (QED) is 0.576. The summed E-state index contributed by atoms with van der Waals surface area (Å²) in [4.78, 5) is 20.5. The molecule has 1 unspecified atom stereocenters. The predicted molar refractivity (Wildman–Crippen MR) is 113 cm³/mol. The summed E-state index contributed by atoms with van der Waals surface area (Å²) in [5, 5.41) is 7.10. The summed E-state index contributed by atoms with van der Waals surface area (Å²) in [5.41, 5.74) is 1.12. The maximum atomic E-state index is 12.0.